The number of halogens is 6. The van der Waals surface area contributed by atoms with Gasteiger partial charge >= 0.3 is 18.1 Å². The molecule has 1 heterocycles. The molecule has 1 atom stereocenters. The van der Waals surface area contributed by atoms with Crippen molar-refractivity contribution in [3.8, 4) is 6.07 Å². The maximum Gasteiger partial charge on any atom is 0.455 e. The normalized spacial score (nSPS) is 22.5. The van der Waals surface area contributed by atoms with Crippen molar-refractivity contribution in [3.05, 3.63) is 41.0 Å². The lowest BCUT2D eigenvalue weighted by atomic mass is 10.0. The van der Waals surface area contributed by atoms with E-state index in [2.05, 4.69) is 4.74 Å². The van der Waals surface area contributed by atoms with Gasteiger partial charge < -0.3 is 9.84 Å². The minimum absolute atomic E-state index is 0.162. The minimum Gasteiger partial charge on any atom is -0.451 e. The molecule has 3 nitrogen and oxygen atoms in total. The number of nitrogens with zero attached hydrogens (tertiary/aromatic N) is 1. The van der Waals surface area contributed by atoms with Gasteiger partial charge in [-0.3, -0.25) is 0 Å². The van der Waals surface area contributed by atoms with Crippen LogP contribution in [-0.2, 0) is 10.9 Å². The quantitative estimate of drug-likeness (QED) is 0.803. The number of ether oxygens (including phenoxy) is 1. The fourth-order valence-electron chi connectivity index (χ4n) is 1.88. The molecule has 0 aromatic heterocycles. The Kier molecular flexibility index (Phi) is 3.61. The molecule has 1 aliphatic rings. The average molecular weight is 323 g/mol. The highest BCUT2D eigenvalue weighted by Gasteiger charge is 2.60. The Labute approximate surface area is 120 Å². The van der Waals surface area contributed by atoms with Crippen LogP contribution in [0.4, 0.5) is 26.3 Å². The number of rotatable bonds is 1. The summed E-state index contributed by atoms with van der Waals surface area (Å²) in [6.45, 7) is 0. The van der Waals surface area contributed by atoms with Gasteiger partial charge in [0.2, 0.25) is 0 Å². The van der Waals surface area contributed by atoms with Crippen LogP contribution in [0.1, 0.15) is 17.5 Å². The maximum atomic E-state index is 12.7. The van der Waals surface area contributed by atoms with Crippen LogP contribution in [0.15, 0.2) is 29.8 Å². The summed E-state index contributed by atoms with van der Waals surface area (Å²) >= 11 is 0. The number of hydrogen-bond acceptors (Lipinski definition) is 3. The van der Waals surface area contributed by atoms with Crippen molar-refractivity contribution < 1.29 is 36.2 Å². The first-order chi connectivity index (χ1) is 9.98. The highest BCUT2D eigenvalue weighted by Crippen LogP contribution is 2.46. The van der Waals surface area contributed by atoms with Crippen LogP contribution in [0.25, 0.3) is 5.76 Å². The predicted molar refractivity (Wildman–Crippen MR) is 60.7 cm³/mol. The van der Waals surface area contributed by atoms with E-state index in [9.17, 15) is 31.4 Å². The van der Waals surface area contributed by atoms with E-state index in [1.165, 1.54) is 6.07 Å². The Morgan fingerprint density at radius 3 is 2.05 bits per heavy atom. The molecule has 0 spiro atoms. The number of alkyl halides is 6. The largest absolute Gasteiger partial charge is 0.455 e. The van der Waals surface area contributed by atoms with E-state index < -0.39 is 41.5 Å². The van der Waals surface area contributed by atoms with Gasteiger partial charge in [0.25, 0.3) is 0 Å². The average Bonchev–Trinajstić information content (AvgIpc) is 2.76. The van der Waals surface area contributed by atoms with E-state index in [1.807, 2.05) is 0 Å². The van der Waals surface area contributed by atoms with E-state index >= 15 is 0 Å². The molecule has 0 bridgehead atoms. The van der Waals surface area contributed by atoms with Crippen molar-refractivity contribution in [2.24, 2.45) is 0 Å². The van der Waals surface area contributed by atoms with Gasteiger partial charge in [-0.05, 0) is 12.1 Å². The van der Waals surface area contributed by atoms with Crippen molar-refractivity contribution in [3.63, 3.8) is 0 Å². The second-order valence-electron chi connectivity index (χ2n) is 4.56. The molecule has 1 aromatic carbocycles. The van der Waals surface area contributed by atoms with Crippen LogP contribution in [-0.4, -0.2) is 17.1 Å². The molecule has 1 N–H and O–H groups in total. The summed E-state index contributed by atoms with van der Waals surface area (Å²) in [4.78, 5) is 0. The third kappa shape index (κ3) is 2.74. The monoisotopic (exact) mass is 323 g/mol. The Bertz CT molecular complexity index is 653. The molecule has 0 radical (unpaired) electrons. The van der Waals surface area contributed by atoms with Crippen LogP contribution in [0, 0.1) is 11.3 Å². The Balaban J connectivity index is 2.38. The van der Waals surface area contributed by atoms with Crippen LogP contribution in [0.5, 0.6) is 0 Å². The van der Waals surface area contributed by atoms with Crippen LogP contribution < -0.4 is 0 Å². The van der Waals surface area contributed by atoms with Crippen LogP contribution >= 0.6 is 0 Å². The Morgan fingerprint density at radius 1 is 1.09 bits per heavy atom. The molecule has 22 heavy (non-hydrogen) atoms. The van der Waals surface area contributed by atoms with E-state index in [-0.39, 0.29) is 5.56 Å². The van der Waals surface area contributed by atoms with E-state index in [1.54, 1.807) is 0 Å². The van der Waals surface area contributed by atoms with Gasteiger partial charge in [-0.2, -0.15) is 31.6 Å². The van der Waals surface area contributed by atoms with Gasteiger partial charge in [-0.25, -0.2) is 0 Å². The van der Waals surface area contributed by atoms with Gasteiger partial charge in [-0.15, -0.1) is 0 Å². The first-order valence-electron chi connectivity index (χ1n) is 5.77. The van der Waals surface area contributed by atoms with Gasteiger partial charge in [0.05, 0.1) is 23.6 Å². The third-order valence-electron chi connectivity index (χ3n) is 3.01. The Hall–Kier alpha value is -2.21. The summed E-state index contributed by atoms with van der Waals surface area (Å²) < 4.78 is 79.9. The second-order valence-corrected chi connectivity index (χ2v) is 4.56. The number of hydrogen-bond donors (Lipinski definition) is 1. The SMILES string of the molecule is N#CC1=C(c2ccc(C(F)(F)F)cc2)OC(O)(C(F)(F)F)C1. The van der Waals surface area contributed by atoms with E-state index in [4.69, 9.17) is 5.26 Å². The summed E-state index contributed by atoms with van der Waals surface area (Å²) in [5.41, 5.74) is -1.66. The van der Waals surface area contributed by atoms with Crippen molar-refractivity contribution >= 4 is 5.76 Å². The second kappa shape index (κ2) is 4.91. The highest BCUT2D eigenvalue weighted by atomic mass is 19.4. The number of aliphatic hydroxyl groups is 1. The standard InChI is InChI=1S/C13H7F6NO2/c14-12(15,16)9-3-1-7(2-4-9)10-8(6-20)5-11(21,22-10)13(17,18)19/h1-4,21H,5H2. The molecule has 0 saturated carbocycles. The summed E-state index contributed by atoms with van der Waals surface area (Å²) in [5, 5.41) is 18.3. The zero-order valence-corrected chi connectivity index (χ0v) is 10.6. The minimum atomic E-state index is -5.15. The zero-order valence-electron chi connectivity index (χ0n) is 10.6. The lowest BCUT2D eigenvalue weighted by Crippen LogP contribution is -2.44. The molecule has 0 fully saturated rings. The van der Waals surface area contributed by atoms with Crippen molar-refractivity contribution in [2.75, 3.05) is 0 Å². The molecule has 1 aromatic rings. The summed E-state index contributed by atoms with van der Waals surface area (Å²) in [6, 6.07) is 4.49. The van der Waals surface area contributed by atoms with Crippen molar-refractivity contribution in [1.82, 2.24) is 0 Å². The van der Waals surface area contributed by atoms with Gasteiger partial charge in [0, 0.05) is 5.56 Å². The Morgan fingerprint density at radius 2 is 1.64 bits per heavy atom. The summed E-state index contributed by atoms with van der Waals surface area (Å²) in [6.07, 6.45) is -10.9. The maximum absolute atomic E-state index is 12.7. The van der Waals surface area contributed by atoms with Crippen molar-refractivity contribution in [2.45, 2.75) is 24.6 Å². The van der Waals surface area contributed by atoms with Crippen molar-refractivity contribution in [1.29, 1.82) is 5.26 Å². The van der Waals surface area contributed by atoms with E-state index in [0.717, 1.165) is 12.1 Å². The molecule has 118 valence electrons. The van der Waals surface area contributed by atoms with E-state index in [0.29, 0.717) is 12.1 Å². The lowest BCUT2D eigenvalue weighted by molar-refractivity contribution is -0.337. The molecule has 0 amide bonds. The zero-order chi connectivity index (χ0) is 16.8. The lowest BCUT2D eigenvalue weighted by Gasteiger charge is -2.25. The smallest absolute Gasteiger partial charge is 0.451 e. The first-order valence-corrected chi connectivity index (χ1v) is 5.77. The molecule has 0 saturated heterocycles. The molecule has 1 aliphatic heterocycles. The molecule has 0 aliphatic carbocycles. The van der Waals surface area contributed by atoms with Crippen LogP contribution in [0.2, 0.25) is 0 Å². The molecule has 2 rings (SSSR count). The predicted octanol–water partition coefficient (Wildman–Crippen LogP) is 3.61. The summed E-state index contributed by atoms with van der Waals surface area (Å²) in [7, 11) is 0. The van der Waals surface area contributed by atoms with Gasteiger partial charge in [-0.1, -0.05) is 12.1 Å². The third-order valence-corrected chi connectivity index (χ3v) is 3.01. The number of benzene rings is 1. The van der Waals surface area contributed by atoms with Gasteiger partial charge in [0.15, 0.2) is 0 Å². The fourth-order valence-corrected chi connectivity index (χ4v) is 1.88. The molecular weight excluding hydrogens is 316 g/mol. The molecular formula is C13H7F6NO2. The molecule has 1 unspecified atom stereocenters. The number of nitriles is 1. The molecule has 9 heteroatoms. The first kappa shape index (κ1) is 16.2. The highest BCUT2D eigenvalue weighted by molar-refractivity contribution is 5.69. The van der Waals surface area contributed by atoms with Crippen LogP contribution in [0.3, 0.4) is 0 Å². The fraction of sp³-hybridized carbons (Fsp3) is 0.308. The topological polar surface area (TPSA) is 53.2 Å². The summed E-state index contributed by atoms with van der Waals surface area (Å²) in [5.74, 6) is -4.15. The van der Waals surface area contributed by atoms with Gasteiger partial charge in [0.1, 0.15) is 5.76 Å².